The minimum absolute atomic E-state index is 0.0816. The van der Waals surface area contributed by atoms with Crippen LogP contribution >= 0.6 is 0 Å². The van der Waals surface area contributed by atoms with Crippen molar-refractivity contribution in [2.24, 2.45) is 7.05 Å². The molecule has 2 aromatic heterocycles. The van der Waals surface area contributed by atoms with Gasteiger partial charge in [0, 0.05) is 32.2 Å². The van der Waals surface area contributed by atoms with Gasteiger partial charge in [-0.15, -0.1) is 5.10 Å². The van der Waals surface area contributed by atoms with Gasteiger partial charge in [0.1, 0.15) is 5.82 Å². The molecule has 1 aliphatic heterocycles. The van der Waals surface area contributed by atoms with Crippen LogP contribution in [0.1, 0.15) is 47.8 Å². The summed E-state index contributed by atoms with van der Waals surface area (Å²) in [6, 6.07) is 0.156. The second-order valence-corrected chi connectivity index (χ2v) is 4.71. The maximum Gasteiger partial charge on any atom is 0.217 e. The normalized spacial score (nSPS) is 18.7. The molecule has 0 spiro atoms. The summed E-state index contributed by atoms with van der Waals surface area (Å²) in [5, 5.41) is 8.53. The van der Waals surface area contributed by atoms with Gasteiger partial charge in [-0.05, 0) is 12.8 Å². The van der Waals surface area contributed by atoms with Gasteiger partial charge in [0.2, 0.25) is 5.82 Å². The van der Waals surface area contributed by atoms with Crippen LogP contribution in [0.3, 0.4) is 0 Å². The lowest BCUT2D eigenvalue weighted by atomic mass is 10.0. The predicted molar refractivity (Wildman–Crippen MR) is 64.3 cm³/mol. The number of carbonyl (C=O) groups excluding carboxylic acids is 1. The first-order valence-corrected chi connectivity index (χ1v) is 6.10. The first-order chi connectivity index (χ1) is 8.65. The van der Waals surface area contributed by atoms with Gasteiger partial charge in [-0.25, -0.2) is 9.67 Å². The van der Waals surface area contributed by atoms with E-state index in [9.17, 15) is 4.79 Å². The van der Waals surface area contributed by atoms with Crippen LogP contribution in [0.15, 0.2) is 12.4 Å². The van der Waals surface area contributed by atoms with E-state index in [4.69, 9.17) is 0 Å². The van der Waals surface area contributed by atoms with Gasteiger partial charge in [0.05, 0.1) is 12.2 Å². The van der Waals surface area contributed by atoms with E-state index in [1.165, 1.54) is 6.92 Å². The van der Waals surface area contributed by atoms with Gasteiger partial charge in [-0.2, -0.15) is 5.10 Å². The Morgan fingerprint density at radius 2 is 2.33 bits per heavy atom. The van der Waals surface area contributed by atoms with Crippen molar-refractivity contribution in [3.8, 4) is 0 Å². The smallest absolute Gasteiger partial charge is 0.217 e. The summed E-state index contributed by atoms with van der Waals surface area (Å²) < 4.78 is 3.67. The number of Topliss-reactive ketones (excluding diaryl/α,β-unsaturated/α-hetero) is 1. The van der Waals surface area contributed by atoms with Crippen LogP contribution in [-0.2, 0) is 13.5 Å². The van der Waals surface area contributed by atoms with Crippen LogP contribution in [0.4, 0.5) is 0 Å². The highest BCUT2D eigenvalue weighted by Gasteiger charge is 2.26. The topological polar surface area (TPSA) is 65.6 Å². The van der Waals surface area contributed by atoms with Crippen LogP contribution in [-0.4, -0.2) is 30.3 Å². The molecule has 3 heterocycles. The van der Waals surface area contributed by atoms with Gasteiger partial charge >= 0.3 is 0 Å². The summed E-state index contributed by atoms with van der Waals surface area (Å²) in [5.41, 5.74) is 1.12. The highest BCUT2D eigenvalue weighted by Crippen LogP contribution is 2.29. The Labute approximate surface area is 105 Å². The lowest BCUT2D eigenvalue weighted by Gasteiger charge is -2.22. The van der Waals surface area contributed by atoms with E-state index in [0.717, 1.165) is 30.7 Å². The highest BCUT2D eigenvalue weighted by molar-refractivity contribution is 5.90. The van der Waals surface area contributed by atoms with Gasteiger partial charge in [0.15, 0.2) is 5.78 Å². The van der Waals surface area contributed by atoms with Crippen molar-refractivity contribution < 1.29 is 4.79 Å². The summed E-state index contributed by atoms with van der Waals surface area (Å²) in [7, 11) is 1.90. The van der Waals surface area contributed by atoms with E-state index in [0.29, 0.717) is 5.82 Å². The van der Waals surface area contributed by atoms with Crippen molar-refractivity contribution in [1.82, 2.24) is 24.5 Å². The number of nitrogens with zero attached hydrogens (tertiary/aromatic N) is 5. The molecule has 0 radical (unpaired) electrons. The van der Waals surface area contributed by atoms with E-state index in [1.807, 2.05) is 24.1 Å². The first kappa shape index (κ1) is 11.1. The molecule has 0 fully saturated rings. The molecule has 0 saturated carbocycles. The first-order valence-electron chi connectivity index (χ1n) is 6.10. The van der Waals surface area contributed by atoms with Crippen LogP contribution < -0.4 is 0 Å². The van der Waals surface area contributed by atoms with Gasteiger partial charge in [-0.1, -0.05) is 0 Å². The van der Waals surface area contributed by atoms with Crippen molar-refractivity contribution in [2.45, 2.75) is 32.2 Å². The van der Waals surface area contributed by atoms with E-state index in [2.05, 4.69) is 15.2 Å². The summed E-state index contributed by atoms with van der Waals surface area (Å²) in [5.74, 6) is 1.14. The van der Waals surface area contributed by atoms with E-state index in [-0.39, 0.29) is 11.8 Å². The Bertz CT molecular complexity index is 597. The number of aromatic nitrogens is 5. The molecular formula is C12H15N5O. The largest absolute Gasteiger partial charge is 0.291 e. The minimum Gasteiger partial charge on any atom is -0.291 e. The van der Waals surface area contributed by atoms with E-state index < -0.39 is 0 Å². The van der Waals surface area contributed by atoms with Gasteiger partial charge in [-0.3, -0.25) is 9.48 Å². The van der Waals surface area contributed by atoms with Crippen molar-refractivity contribution in [1.29, 1.82) is 0 Å². The number of ketones is 1. The second-order valence-electron chi connectivity index (χ2n) is 4.71. The fourth-order valence-electron chi connectivity index (χ4n) is 2.42. The second kappa shape index (κ2) is 4.04. The lowest BCUT2D eigenvalue weighted by Crippen LogP contribution is -2.20. The van der Waals surface area contributed by atoms with Crippen molar-refractivity contribution >= 4 is 5.78 Å². The Morgan fingerprint density at radius 3 is 3.00 bits per heavy atom. The number of aryl methyl sites for hydroxylation is 2. The number of carbonyl (C=O) groups is 1. The molecule has 0 aromatic carbocycles. The maximum absolute atomic E-state index is 11.4. The minimum atomic E-state index is -0.0816. The van der Waals surface area contributed by atoms with Crippen molar-refractivity contribution in [3.63, 3.8) is 0 Å². The maximum atomic E-state index is 11.4. The standard InChI is InChI=1S/C12H15N5O/c1-8(18)12-14-11-5-3-4-10(17(11)15-12)9-6-13-16(2)7-9/h6-7,10H,3-5H2,1-2H3/t10-/m1/s1. The average Bonchev–Trinajstić information content (AvgIpc) is 2.94. The summed E-state index contributed by atoms with van der Waals surface area (Å²) in [4.78, 5) is 15.7. The zero-order chi connectivity index (χ0) is 12.7. The molecule has 94 valence electrons. The molecule has 0 bridgehead atoms. The molecule has 6 heteroatoms. The number of hydrogen-bond donors (Lipinski definition) is 0. The number of hydrogen-bond acceptors (Lipinski definition) is 4. The van der Waals surface area contributed by atoms with Crippen LogP contribution in [0.2, 0.25) is 0 Å². The highest BCUT2D eigenvalue weighted by atomic mass is 16.1. The fraction of sp³-hybridized carbons (Fsp3) is 0.500. The Morgan fingerprint density at radius 1 is 1.50 bits per heavy atom. The average molecular weight is 245 g/mol. The zero-order valence-electron chi connectivity index (χ0n) is 10.5. The molecule has 18 heavy (non-hydrogen) atoms. The summed E-state index contributed by atoms with van der Waals surface area (Å²) >= 11 is 0. The molecule has 0 unspecified atom stereocenters. The van der Waals surface area contributed by atoms with Crippen LogP contribution in [0.25, 0.3) is 0 Å². The summed E-state index contributed by atoms with van der Waals surface area (Å²) in [6.45, 7) is 1.50. The van der Waals surface area contributed by atoms with Crippen molar-refractivity contribution in [3.05, 3.63) is 29.6 Å². The van der Waals surface area contributed by atoms with E-state index >= 15 is 0 Å². The van der Waals surface area contributed by atoms with Crippen LogP contribution in [0, 0.1) is 0 Å². The van der Waals surface area contributed by atoms with E-state index in [1.54, 1.807) is 4.68 Å². The van der Waals surface area contributed by atoms with Gasteiger partial charge in [0.25, 0.3) is 0 Å². The third kappa shape index (κ3) is 1.73. The SMILES string of the molecule is CC(=O)c1nc2n(n1)[C@@H](c1cnn(C)c1)CCC2. The third-order valence-electron chi connectivity index (χ3n) is 3.30. The molecule has 3 rings (SSSR count). The molecule has 0 saturated heterocycles. The van der Waals surface area contributed by atoms with Crippen molar-refractivity contribution in [2.75, 3.05) is 0 Å². The molecule has 1 aliphatic rings. The number of rotatable bonds is 2. The zero-order valence-corrected chi connectivity index (χ0v) is 10.5. The molecule has 2 aromatic rings. The quantitative estimate of drug-likeness (QED) is 0.744. The third-order valence-corrected chi connectivity index (χ3v) is 3.30. The Hall–Kier alpha value is -1.98. The molecule has 0 amide bonds. The molecule has 0 aliphatic carbocycles. The van der Waals surface area contributed by atoms with Crippen LogP contribution in [0.5, 0.6) is 0 Å². The molecular weight excluding hydrogens is 230 g/mol. The molecule has 0 N–H and O–H groups in total. The Kier molecular flexibility index (Phi) is 2.50. The lowest BCUT2D eigenvalue weighted by molar-refractivity contribution is 0.100. The van der Waals surface area contributed by atoms with Gasteiger partial charge < -0.3 is 0 Å². The summed E-state index contributed by atoms with van der Waals surface area (Å²) in [6.07, 6.45) is 6.82. The molecule has 1 atom stereocenters. The molecule has 6 nitrogen and oxygen atoms in total. The fourth-order valence-corrected chi connectivity index (χ4v) is 2.42. The predicted octanol–water partition coefficient (Wildman–Crippen LogP) is 1.14. The number of fused-ring (bicyclic) bond motifs is 1. The Balaban J connectivity index is 2.03. The monoisotopic (exact) mass is 245 g/mol.